The number of hydrogen-bond acceptors (Lipinski definition) is 32. The van der Waals surface area contributed by atoms with Gasteiger partial charge in [-0.15, -0.1) is 0 Å². The second-order valence-electron chi connectivity index (χ2n) is 33.2. The molecule has 0 spiro atoms. The van der Waals surface area contributed by atoms with Crippen molar-refractivity contribution in [3.63, 3.8) is 0 Å². The smallest absolute Gasteiger partial charge is 0.340 e. The summed E-state index contributed by atoms with van der Waals surface area (Å²) in [6.07, 6.45) is -7.13. The van der Waals surface area contributed by atoms with Crippen LogP contribution in [-0.4, -0.2) is 174 Å². The lowest BCUT2D eigenvalue weighted by Crippen LogP contribution is -2.60. The lowest BCUT2D eigenvalue weighted by Gasteiger charge is -2.58. The number of ether oxygens (including phenoxy) is 7. The normalized spacial score (nSPS) is 21.0. The number of phenols is 3. The number of carbonyl (C=O) groups excluding carboxylic acids is 13. The van der Waals surface area contributed by atoms with E-state index in [9.17, 15) is 171 Å². The first kappa shape index (κ1) is 122. The van der Waals surface area contributed by atoms with Crippen LogP contribution < -0.4 is 35.4 Å². The quantitative estimate of drug-likeness (QED) is 0.00567. The van der Waals surface area contributed by atoms with Crippen LogP contribution >= 0.6 is 203 Å². The first-order valence-electron chi connectivity index (χ1n) is 40.6. The molecule has 5 aromatic carbocycles. The molecule has 8 aliphatic carbocycles. The van der Waals surface area contributed by atoms with Crippen LogP contribution in [0.2, 0.25) is 0 Å². The Labute approximate surface area is 908 Å². The molecule has 6 N–H and O–H groups in total. The molecule has 54 heteroatoms. The van der Waals surface area contributed by atoms with E-state index in [2.05, 4.69) is 14.2 Å². The van der Waals surface area contributed by atoms with Crippen molar-refractivity contribution >= 4 is 287 Å². The predicted molar refractivity (Wildman–Crippen MR) is 515 cm³/mol. The molecule has 0 aromatic heterocycles. The Morgan fingerprint density at radius 1 is 0.407 bits per heavy atom. The standard InChI is InChI=1S/C17H24F2O5.C16H9F2I3O5.C16H22F2O5.C13H10F2I2O7.C13H10F2I2O6.C11H8F2I2O5/c1-2-3-12(17(18,19)13(20)21)24-14(22)15-5-10-4-11(6-15)8-16(23,7-10)9-15;17-16(18,15(24)25)13(7-1-3-9(22)4-2-7)26-14(23)10-5-8(19)6-11(20)12(10)21;17-16(18,13(20)21)12(1-2-19)23-14(22)15-6-9-3-10(7-15)5-11(4-9)8-15;14-13(15,12(22)23)11(24-9(20)2-1-8(18)19)5-3-6(16)10(21)7(17)4-5;1-5(18)22-10-8(16)3-7(4-9(10)17)11(23-6(2)19)13(14,15)12(20)21;1-4(16)20-9(11(12,13)10(18)19)5-2-6(14)8(17)7(15)3-5/h10-12,23H,2-9H2,1H3,(H,20,21);1-6,13,22H,(H,24,25);9-12,19H,1-8H2,(H,20,21);3-4,11,21H,1-2H2,(H,18,19)(H,22,23);3-4,11H,1-2H3,(H,20,21);2-3,9,17H,1H3,(H,18,19)/p-6. The molecule has 140 heavy (non-hydrogen) atoms. The molecular formula is C86H77F12I9O33-6. The van der Waals surface area contributed by atoms with Crippen LogP contribution in [0.4, 0.5) is 52.7 Å². The SMILES string of the molecule is CC(=O)OC(c1cc(I)c(O)c(I)c1)C(F)(F)C(=O)[O-].CC(=O)Oc1c(I)cc(C(OC(C)=O)C(F)(F)C(=O)[O-])cc1I.CCCC(OC(=O)C12CC3CC(CC(O)(C3)C1)C2)C(F)(F)C(=O)[O-].O=C(O)CCC(=O)OC(c1cc(I)c(O)c(I)c1)C(F)(F)C(=O)[O-].O=C(OC(CCO)C(F)(F)C(=O)[O-])C12CC3CC(CC(C3)C1)C2.O=C(OC(c1ccc(O)cc1)C(F)(F)C(=O)[O-])c1cc(I)cc(I)c1I. The van der Waals surface area contributed by atoms with Crippen LogP contribution in [0, 0.1) is 72.6 Å². The number of hydrogen-bond donors (Lipinski definition) is 6. The van der Waals surface area contributed by atoms with Crippen LogP contribution in [0.1, 0.15) is 194 Å². The van der Waals surface area contributed by atoms with Gasteiger partial charge in [0.25, 0.3) is 0 Å². The first-order valence-corrected chi connectivity index (χ1v) is 50.4. The van der Waals surface area contributed by atoms with Crippen LogP contribution in [0.25, 0.3) is 0 Å². The van der Waals surface area contributed by atoms with E-state index in [1.165, 1.54) is 13.0 Å². The number of aliphatic hydroxyl groups is 2. The van der Waals surface area contributed by atoms with Crippen molar-refractivity contribution in [2.24, 2.45) is 40.4 Å². The number of carbonyl (C=O) groups is 14. The van der Waals surface area contributed by atoms with Crippen molar-refractivity contribution < 1.29 is 214 Å². The molecule has 8 saturated carbocycles. The molecular weight excluding hydrogens is 2930 g/mol. The van der Waals surface area contributed by atoms with Gasteiger partial charge in [0, 0.05) is 61.2 Å². The molecule has 8 fully saturated rings. The average Bonchev–Trinajstić information content (AvgIpc) is 0.716. The fraction of sp³-hybridized carbons (Fsp3) is 0.488. The zero-order valence-electron chi connectivity index (χ0n) is 72.2. The van der Waals surface area contributed by atoms with Gasteiger partial charge in [-0.25, -0.2) is 4.79 Å². The van der Waals surface area contributed by atoms with Gasteiger partial charge in [-0.1, -0.05) is 25.5 Å². The van der Waals surface area contributed by atoms with Gasteiger partial charge < -0.3 is 123 Å². The van der Waals surface area contributed by atoms with Crippen LogP contribution in [0.3, 0.4) is 0 Å². The number of carboxylic acid groups (broad SMARTS) is 7. The number of rotatable bonds is 33. The van der Waals surface area contributed by atoms with Crippen molar-refractivity contribution in [1.82, 2.24) is 0 Å². The number of phenolic OH excluding ortho intramolecular Hbond substituents is 3. The number of alkyl halides is 12. The van der Waals surface area contributed by atoms with E-state index >= 15 is 0 Å². The lowest BCUT2D eigenvalue weighted by molar-refractivity contribution is -0.337. The van der Waals surface area contributed by atoms with Gasteiger partial charge in [0.15, 0.2) is 42.4 Å². The molecule has 0 amide bonds. The second kappa shape index (κ2) is 50.4. The molecule has 33 nitrogen and oxygen atoms in total. The number of aliphatic carboxylic acids is 7. The Hall–Kier alpha value is -6.27. The molecule has 5 aromatic rings. The molecule has 772 valence electrons. The molecule has 0 saturated heterocycles. The second-order valence-corrected chi connectivity index (χ2v) is 43.6. The Morgan fingerprint density at radius 2 is 0.743 bits per heavy atom. The number of carboxylic acids is 7. The highest BCUT2D eigenvalue weighted by atomic mass is 127. The van der Waals surface area contributed by atoms with Crippen LogP contribution in [0.15, 0.2) is 72.8 Å². The number of halogens is 21. The molecule has 8 bridgehead atoms. The zero-order chi connectivity index (χ0) is 106. The van der Waals surface area contributed by atoms with E-state index in [0.29, 0.717) is 69.8 Å². The topological polar surface area (TPSA) is 563 Å². The van der Waals surface area contributed by atoms with E-state index in [-0.39, 0.29) is 103 Å². The summed E-state index contributed by atoms with van der Waals surface area (Å²) >= 11 is 15.9. The highest BCUT2D eigenvalue weighted by Gasteiger charge is 2.63. The van der Waals surface area contributed by atoms with Crippen LogP contribution in [-0.2, 0) is 90.8 Å². The maximum Gasteiger partial charge on any atom is 0.340 e. The highest BCUT2D eigenvalue weighted by molar-refractivity contribution is 14.1. The summed E-state index contributed by atoms with van der Waals surface area (Å²) in [4.78, 5) is 157. The number of aromatic hydroxyl groups is 3. The van der Waals surface area contributed by atoms with Gasteiger partial charge in [-0.2, -0.15) is 52.7 Å². The Kier molecular flexibility index (Phi) is 44.1. The molecule has 0 aliphatic heterocycles. The van der Waals surface area contributed by atoms with E-state index in [1.54, 1.807) is 149 Å². The monoisotopic (exact) mass is 3010 g/mol. The fourth-order valence-corrected chi connectivity index (χ4v) is 25.2. The maximum absolute atomic E-state index is 14.1. The van der Waals surface area contributed by atoms with Gasteiger partial charge >= 0.3 is 83.3 Å². The molecule has 0 radical (unpaired) electrons. The van der Waals surface area contributed by atoms with Gasteiger partial charge in [-0.05, 0) is 383 Å². The third kappa shape index (κ3) is 31.4. The predicted octanol–water partition coefficient (Wildman–Crippen LogP) is 10.6. The summed E-state index contributed by atoms with van der Waals surface area (Å²) in [7, 11) is 0. The minimum atomic E-state index is -4.55. The number of aliphatic hydroxyl groups excluding tert-OH is 1. The summed E-state index contributed by atoms with van der Waals surface area (Å²) in [5.74, 6) is -48.9. The Bertz CT molecular complexity index is 5390. The highest BCUT2D eigenvalue weighted by Crippen LogP contribution is 2.63. The summed E-state index contributed by atoms with van der Waals surface area (Å²) < 4.78 is 202. The summed E-state index contributed by atoms with van der Waals surface area (Å²) in [5.41, 5.74) is -3.75. The van der Waals surface area contributed by atoms with Crippen molar-refractivity contribution in [2.75, 3.05) is 6.61 Å². The number of esters is 7. The Balaban J connectivity index is 0.000000258. The Morgan fingerprint density at radius 3 is 1.08 bits per heavy atom. The van der Waals surface area contributed by atoms with E-state index in [1.807, 2.05) is 67.8 Å². The molecule has 0 heterocycles. The van der Waals surface area contributed by atoms with Gasteiger partial charge in [0.2, 0.25) is 0 Å². The van der Waals surface area contributed by atoms with E-state index < -0.39 is 198 Å². The third-order valence-corrected chi connectivity index (χ3v) is 30.9. The third-order valence-electron chi connectivity index (χ3n) is 22.4. The summed E-state index contributed by atoms with van der Waals surface area (Å²) in [6, 6.07) is 14.1. The van der Waals surface area contributed by atoms with Crippen molar-refractivity contribution in [3.05, 3.63) is 133 Å². The molecule has 8 atom stereocenters. The summed E-state index contributed by atoms with van der Waals surface area (Å²) in [5, 5.41) is 121. The molecule has 8 aliphatic rings. The first-order chi connectivity index (χ1) is 64.4. The largest absolute Gasteiger partial charge is 0.544 e. The average molecular weight is 3010 g/mol. The van der Waals surface area contributed by atoms with Crippen LogP contribution in [0.5, 0.6) is 23.0 Å². The van der Waals surface area contributed by atoms with Crippen molar-refractivity contribution in [2.45, 2.75) is 215 Å². The molecule has 8 unspecified atom stereocenters. The van der Waals surface area contributed by atoms with E-state index in [0.717, 1.165) is 104 Å². The van der Waals surface area contributed by atoms with E-state index in [4.69, 9.17) is 29.2 Å². The van der Waals surface area contributed by atoms with Crippen molar-refractivity contribution in [1.29, 1.82) is 0 Å². The number of benzene rings is 5. The molecule has 13 rings (SSSR count). The van der Waals surface area contributed by atoms with Gasteiger partial charge in [0.1, 0.15) is 53.1 Å². The lowest BCUT2D eigenvalue weighted by atomic mass is 9.48. The maximum atomic E-state index is 14.1. The minimum absolute atomic E-state index is 0.0415. The van der Waals surface area contributed by atoms with Gasteiger partial charge in [-0.3, -0.25) is 33.6 Å². The zero-order valence-corrected chi connectivity index (χ0v) is 91.6. The van der Waals surface area contributed by atoms with Gasteiger partial charge in [0.05, 0.1) is 56.3 Å². The van der Waals surface area contributed by atoms with Crippen molar-refractivity contribution in [3.8, 4) is 23.0 Å². The fourth-order valence-electron chi connectivity index (χ4n) is 17.1. The minimum Gasteiger partial charge on any atom is -0.544 e. The summed E-state index contributed by atoms with van der Waals surface area (Å²) in [6.45, 7) is 3.85.